The Morgan fingerprint density at radius 1 is 1.59 bits per heavy atom. The predicted molar refractivity (Wildman–Crippen MR) is 68.6 cm³/mol. The maximum Gasteiger partial charge on any atom is 0.312 e. The molecule has 6 heteroatoms. The van der Waals surface area contributed by atoms with E-state index in [2.05, 4.69) is 22.5 Å². The lowest BCUT2D eigenvalue weighted by Crippen LogP contribution is -2.42. The van der Waals surface area contributed by atoms with Crippen LogP contribution in [-0.4, -0.2) is 56.2 Å². The number of likely N-dealkylation sites (tertiary alicyclic amines) is 1. The van der Waals surface area contributed by atoms with Crippen molar-refractivity contribution in [2.75, 3.05) is 33.2 Å². The molecule has 1 aliphatic heterocycles. The molecule has 1 aliphatic rings. The lowest BCUT2D eigenvalue weighted by Gasteiger charge is -2.26. The second-order valence-corrected chi connectivity index (χ2v) is 4.95. The van der Waals surface area contributed by atoms with Crippen LogP contribution in [0.25, 0.3) is 0 Å². The molecule has 0 radical (unpaired) electrons. The van der Waals surface area contributed by atoms with Gasteiger partial charge in [0.15, 0.2) is 0 Å². The minimum Gasteiger partial charge on any atom is -0.352 e. The van der Waals surface area contributed by atoms with Gasteiger partial charge in [0.25, 0.3) is 0 Å². The lowest BCUT2D eigenvalue weighted by molar-refractivity contribution is 0.217. The van der Waals surface area contributed by atoms with E-state index in [0.29, 0.717) is 18.5 Å². The number of carbonyl (C=O) groups excluding carboxylic acids is 1. The van der Waals surface area contributed by atoms with Gasteiger partial charge in [-0.05, 0) is 25.9 Å². The summed E-state index contributed by atoms with van der Waals surface area (Å²) in [7, 11) is 1.94. The third-order valence-corrected chi connectivity index (χ3v) is 3.26. The average Bonchev–Trinajstić information content (AvgIpc) is 2.60. The Bertz CT molecular complexity index is 248. The molecule has 0 saturated carbocycles. The summed E-state index contributed by atoms with van der Waals surface area (Å²) in [6.07, 6.45) is 0.946. The lowest BCUT2D eigenvalue weighted by atomic mass is 10.1. The van der Waals surface area contributed by atoms with Gasteiger partial charge < -0.3 is 22.1 Å². The Balaban J connectivity index is 2.50. The van der Waals surface area contributed by atoms with Gasteiger partial charge in [-0.3, -0.25) is 4.90 Å². The summed E-state index contributed by atoms with van der Waals surface area (Å²) < 4.78 is 0. The molecule has 0 aromatic rings. The SMILES string of the molecule is CNC[C@@H]1C[C@@H](NC(N)=O)CN1C[C@@H](C)CN. The molecule has 0 aliphatic carbocycles. The minimum absolute atomic E-state index is 0.163. The highest BCUT2D eigenvalue weighted by Crippen LogP contribution is 2.18. The molecule has 1 fully saturated rings. The Morgan fingerprint density at radius 2 is 2.29 bits per heavy atom. The fraction of sp³-hybridized carbons (Fsp3) is 0.909. The molecule has 1 saturated heterocycles. The summed E-state index contributed by atoms with van der Waals surface area (Å²) in [5.41, 5.74) is 10.8. The van der Waals surface area contributed by atoms with E-state index in [0.717, 1.165) is 26.1 Å². The predicted octanol–water partition coefficient (Wildman–Crippen LogP) is -1.09. The summed E-state index contributed by atoms with van der Waals surface area (Å²) in [6, 6.07) is 0.175. The number of primary amides is 1. The van der Waals surface area contributed by atoms with Crippen molar-refractivity contribution in [3.05, 3.63) is 0 Å². The van der Waals surface area contributed by atoms with E-state index in [1.165, 1.54) is 0 Å². The smallest absolute Gasteiger partial charge is 0.312 e. The molecule has 6 nitrogen and oxygen atoms in total. The first-order chi connectivity index (χ1) is 8.06. The van der Waals surface area contributed by atoms with Crippen molar-refractivity contribution in [1.82, 2.24) is 15.5 Å². The number of nitrogens with one attached hydrogen (secondary N) is 2. The summed E-state index contributed by atoms with van der Waals surface area (Å²) in [6.45, 7) is 5.59. The molecular weight excluding hydrogens is 218 g/mol. The number of urea groups is 1. The van der Waals surface area contributed by atoms with E-state index in [-0.39, 0.29) is 6.04 Å². The van der Waals surface area contributed by atoms with Crippen LogP contribution in [0.1, 0.15) is 13.3 Å². The van der Waals surface area contributed by atoms with Gasteiger partial charge in [-0.25, -0.2) is 4.79 Å². The summed E-state index contributed by atoms with van der Waals surface area (Å²) in [4.78, 5) is 13.2. The molecule has 3 atom stereocenters. The standard InChI is InChI=1S/C11H25N5O/c1-8(4-12)6-16-7-9(15-11(13)17)3-10(16)5-14-2/h8-10,14H,3-7,12H2,1-2H3,(H3,13,15,17)/t8-,9+,10-/m0/s1. The van der Waals surface area contributed by atoms with Crippen LogP contribution in [-0.2, 0) is 0 Å². The summed E-state index contributed by atoms with van der Waals surface area (Å²) in [5, 5.41) is 5.98. The normalized spacial score (nSPS) is 27.0. The second kappa shape index (κ2) is 6.78. The first-order valence-corrected chi connectivity index (χ1v) is 6.21. The van der Waals surface area contributed by atoms with Gasteiger partial charge in [0, 0.05) is 31.7 Å². The zero-order valence-corrected chi connectivity index (χ0v) is 10.8. The fourth-order valence-electron chi connectivity index (χ4n) is 2.44. The molecule has 1 rings (SSSR count). The highest BCUT2D eigenvalue weighted by Gasteiger charge is 2.32. The fourth-order valence-corrected chi connectivity index (χ4v) is 2.44. The van der Waals surface area contributed by atoms with Gasteiger partial charge in [0.1, 0.15) is 0 Å². The largest absolute Gasteiger partial charge is 0.352 e. The van der Waals surface area contributed by atoms with Crippen LogP contribution in [0.4, 0.5) is 4.79 Å². The monoisotopic (exact) mass is 243 g/mol. The van der Waals surface area contributed by atoms with Gasteiger partial charge in [-0.1, -0.05) is 6.92 Å². The zero-order valence-electron chi connectivity index (χ0n) is 10.8. The van der Waals surface area contributed by atoms with E-state index >= 15 is 0 Å². The highest BCUT2D eigenvalue weighted by atomic mass is 16.2. The second-order valence-electron chi connectivity index (χ2n) is 4.95. The quantitative estimate of drug-likeness (QED) is 0.477. The van der Waals surface area contributed by atoms with Gasteiger partial charge in [0.05, 0.1) is 0 Å². The van der Waals surface area contributed by atoms with E-state index in [1.54, 1.807) is 0 Å². The van der Waals surface area contributed by atoms with Crippen molar-refractivity contribution in [2.45, 2.75) is 25.4 Å². The van der Waals surface area contributed by atoms with Crippen LogP contribution in [0.5, 0.6) is 0 Å². The Morgan fingerprint density at radius 3 is 2.82 bits per heavy atom. The molecule has 100 valence electrons. The number of rotatable bonds is 6. The third-order valence-electron chi connectivity index (χ3n) is 3.26. The van der Waals surface area contributed by atoms with Crippen molar-refractivity contribution in [1.29, 1.82) is 0 Å². The number of likely N-dealkylation sites (N-methyl/N-ethyl adjacent to an activating group) is 1. The van der Waals surface area contributed by atoms with Gasteiger partial charge in [0.2, 0.25) is 0 Å². The average molecular weight is 243 g/mol. The Labute approximate surface area is 103 Å². The molecule has 1 heterocycles. The van der Waals surface area contributed by atoms with Crippen molar-refractivity contribution >= 4 is 6.03 Å². The Kier molecular flexibility index (Phi) is 5.67. The number of hydrogen-bond donors (Lipinski definition) is 4. The van der Waals surface area contributed by atoms with Crippen LogP contribution in [0.2, 0.25) is 0 Å². The molecule has 0 bridgehead atoms. The molecule has 0 spiro atoms. The van der Waals surface area contributed by atoms with Crippen molar-refractivity contribution in [3.63, 3.8) is 0 Å². The third kappa shape index (κ3) is 4.49. The van der Waals surface area contributed by atoms with Crippen LogP contribution >= 0.6 is 0 Å². The number of carbonyl (C=O) groups is 1. The molecule has 2 amide bonds. The molecule has 0 unspecified atom stereocenters. The van der Waals surface area contributed by atoms with Crippen LogP contribution in [0.3, 0.4) is 0 Å². The number of hydrogen-bond acceptors (Lipinski definition) is 4. The van der Waals surface area contributed by atoms with Gasteiger partial charge in [-0.15, -0.1) is 0 Å². The molecule has 0 aromatic heterocycles. The minimum atomic E-state index is -0.438. The van der Waals surface area contributed by atoms with E-state index in [1.807, 2.05) is 7.05 Å². The van der Waals surface area contributed by atoms with E-state index < -0.39 is 6.03 Å². The molecular formula is C11H25N5O. The maximum atomic E-state index is 10.9. The Hall–Kier alpha value is -0.850. The van der Waals surface area contributed by atoms with Gasteiger partial charge >= 0.3 is 6.03 Å². The first-order valence-electron chi connectivity index (χ1n) is 6.21. The molecule has 6 N–H and O–H groups in total. The number of nitrogens with zero attached hydrogens (tertiary/aromatic N) is 1. The van der Waals surface area contributed by atoms with E-state index in [4.69, 9.17) is 11.5 Å². The van der Waals surface area contributed by atoms with Crippen molar-refractivity contribution in [2.24, 2.45) is 17.4 Å². The topological polar surface area (TPSA) is 96.4 Å². The number of amides is 2. The van der Waals surface area contributed by atoms with E-state index in [9.17, 15) is 4.79 Å². The van der Waals surface area contributed by atoms with Crippen molar-refractivity contribution < 1.29 is 4.79 Å². The molecule has 17 heavy (non-hydrogen) atoms. The van der Waals surface area contributed by atoms with Crippen LogP contribution in [0.15, 0.2) is 0 Å². The highest BCUT2D eigenvalue weighted by molar-refractivity contribution is 5.72. The van der Waals surface area contributed by atoms with Crippen LogP contribution < -0.4 is 22.1 Å². The first kappa shape index (κ1) is 14.2. The summed E-state index contributed by atoms with van der Waals surface area (Å²) >= 11 is 0. The van der Waals surface area contributed by atoms with Gasteiger partial charge in [-0.2, -0.15) is 0 Å². The molecule has 0 aromatic carbocycles. The maximum absolute atomic E-state index is 10.9. The number of nitrogens with two attached hydrogens (primary N) is 2. The van der Waals surface area contributed by atoms with Crippen LogP contribution in [0, 0.1) is 5.92 Å². The summed E-state index contributed by atoms with van der Waals surface area (Å²) in [5.74, 6) is 0.474. The zero-order chi connectivity index (χ0) is 12.8. The van der Waals surface area contributed by atoms with Crippen molar-refractivity contribution in [3.8, 4) is 0 Å².